The molecule has 82 valence electrons. The number of rotatable bonds is 3. The summed E-state index contributed by atoms with van der Waals surface area (Å²) in [5, 5.41) is 17.6. The lowest BCUT2D eigenvalue weighted by atomic mass is 10.3. The van der Waals surface area contributed by atoms with Crippen LogP contribution < -0.4 is 11.2 Å². The Morgan fingerprint density at radius 2 is 2.27 bits per heavy atom. The average molecular weight is 212 g/mol. The Hall–Kier alpha value is -1.66. The Labute approximate surface area is 85.1 Å². The van der Waals surface area contributed by atoms with Crippen LogP contribution in [0, 0.1) is 6.92 Å². The molecule has 0 aliphatic heterocycles. The van der Waals surface area contributed by atoms with Crippen LogP contribution in [0.2, 0.25) is 0 Å². The van der Waals surface area contributed by atoms with Crippen molar-refractivity contribution in [2.45, 2.75) is 13.0 Å². The van der Waals surface area contributed by atoms with Crippen LogP contribution in [0.15, 0.2) is 21.7 Å². The molecular weight excluding hydrogens is 200 g/mol. The van der Waals surface area contributed by atoms with Gasteiger partial charge in [0.15, 0.2) is 0 Å². The molecule has 0 unspecified atom stereocenters. The highest BCUT2D eigenvalue weighted by atomic mass is 16.3. The van der Waals surface area contributed by atoms with Crippen molar-refractivity contribution in [2.24, 2.45) is 0 Å². The second kappa shape index (κ2) is 4.72. The van der Waals surface area contributed by atoms with E-state index in [-0.39, 0.29) is 0 Å². The van der Waals surface area contributed by atoms with Gasteiger partial charge in [-0.15, -0.1) is 0 Å². The number of nitrogens with one attached hydrogen (secondary N) is 1. The minimum Gasteiger partial charge on any atom is -0.393 e. The van der Waals surface area contributed by atoms with Gasteiger partial charge < -0.3 is 10.2 Å². The predicted molar refractivity (Wildman–Crippen MR) is 54.5 cm³/mol. The molecule has 0 amide bonds. The zero-order valence-corrected chi connectivity index (χ0v) is 8.17. The smallest absolute Gasteiger partial charge is 0.332 e. The zero-order valence-electron chi connectivity index (χ0n) is 8.17. The summed E-state index contributed by atoms with van der Waals surface area (Å²) in [5.74, 6) is 0. The maximum absolute atomic E-state index is 11.3. The third kappa shape index (κ3) is 2.90. The predicted octanol–water partition coefficient (Wildman–Crippen LogP) is -1.33. The molecule has 0 saturated carbocycles. The SMILES string of the molecule is Cc1cc(=O)[nH]c(=O)n1/C=C/[C@H](O)CO. The van der Waals surface area contributed by atoms with Crippen LogP contribution in [0.1, 0.15) is 5.69 Å². The quantitative estimate of drug-likeness (QED) is 0.578. The van der Waals surface area contributed by atoms with Crippen molar-refractivity contribution < 1.29 is 10.2 Å². The van der Waals surface area contributed by atoms with E-state index < -0.39 is 24.0 Å². The number of aliphatic hydroxyl groups excluding tert-OH is 2. The van der Waals surface area contributed by atoms with E-state index in [4.69, 9.17) is 10.2 Å². The first kappa shape index (κ1) is 11.4. The molecule has 6 nitrogen and oxygen atoms in total. The molecule has 0 aromatic carbocycles. The van der Waals surface area contributed by atoms with Crippen LogP contribution in [0.5, 0.6) is 0 Å². The molecule has 0 saturated heterocycles. The number of aromatic nitrogens is 2. The second-order valence-electron chi connectivity index (χ2n) is 3.04. The monoisotopic (exact) mass is 212 g/mol. The fourth-order valence-electron chi connectivity index (χ4n) is 1.05. The fraction of sp³-hybridized carbons (Fsp3) is 0.333. The van der Waals surface area contributed by atoms with Gasteiger partial charge in [-0.05, 0) is 13.0 Å². The average Bonchev–Trinajstić information content (AvgIpc) is 2.15. The van der Waals surface area contributed by atoms with E-state index in [2.05, 4.69) is 4.98 Å². The number of aryl methyl sites for hydroxylation is 1. The molecule has 1 aromatic rings. The first-order chi connectivity index (χ1) is 7.04. The number of H-pyrrole nitrogens is 1. The molecule has 0 fully saturated rings. The molecule has 0 radical (unpaired) electrons. The molecule has 1 aromatic heterocycles. The maximum atomic E-state index is 11.3. The lowest BCUT2D eigenvalue weighted by Gasteiger charge is -2.03. The highest BCUT2D eigenvalue weighted by Crippen LogP contribution is 1.92. The van der Waals surface area contributed by atoms with Gasteiger partial charge in [-0.2, -0.15) is 0 Å². The molecule has 1 rings (SSSR count). The van der Waals surface area contributed by atoms with Crippen molar-refractivity contribution in [3.05, 3.63) is 38.7 Å². The van der Waals surface area contributed by atoms with Crippen LogP contribution >= 0.6 is 0 Å². The Morgan fingerprint density at radius 1 is 1.60 bits per heavy atom. The minimum absolute atomic E-state index is 0.423. The third-order valence-corrected chi connectivity index (χ3v) is 1.81. The van der Waals surface area contributed by atoms with Gasteiger partial charge in [-0.1, -0.05) is 0 Å². The number of aromatic amines is 1. The van der Waals surface area contributed by atoms with Gasteiger partial charge in [-0.3, -0.25) is 14.3 Å². The van der Waals surface area contributed by atoms with E-state index in [0.717, 1.165) is 0 Å². The standard InChI is InChI=1S/C9H12N2O4/c1-6-4-8(14)10-9(15)11(6)3-2-7(13)5-12/h2-4,7,12-13H,5H2,1H3,(H,10,14,15)/b3-2+/t7-/m0/s1. The Kier molecular flexibility index (Phi) is 3.59. The van der Waals surface area contributed by atoms with Gasteiger partial charge >= 0.3 is 5.69 Å². The second-order valence-corrected chi connectivity index (χ2v) is 3.04. The van der Waals surface area contributed by atoms with Crippen molar-refractivity contribution in [3.8, 4) is 0 Å². The largest absolute Gasteiger partial charge is 0.393 e. The zero-order chi connectivity index (χ0) is 11.4. The van der Waals surface area contributed by atoms with Crippen molar-refractivity contribution in [2.75, 3.05) is 6.61 Å². The molecule has 0 spiro atoms. The van der Waals surface area contributed by atoms with Gasteiger partial charge in [0.2, 0.25) is 0 Å². The summed E-state index contributed by atoms with van der Waals surface area (Å²) in [6, 6.07) is 1.26. The third-order valence-electron chi connectivity index (χ3n) is 1.81. The van der Waals surface area contributed by atoms with E-state index in [1.54, 1.807) is 6.92 Å². The van der Waals surface area contributed by atoms with Gasteiger partial charge in [0.25, 0.3) is 5.56 Å². The van der Waals surface area contributed by atoms with Gasteiger partial charge in [0.05, 0.1) is 12.7 Å². The van der Waals surface area contributed by atoms with Crippen LogP contribution in [0.4, 0.5) is 0 Å². The first-order valence-electron chi connectivity index (χ1n) is 4.34. The van der Waals surface area contributed by atoms with Crippen molar-refractivity contribution in [3.63, 3.8) is 0 Å². The highest BCUT2D eigenvalue weighted by Gasteiger charge is 1.99. The maximum Gasteiger partial charge on any atom is 0.332 e. The van der Waals surface area contributed by atoms with Crippen LogP contribution in [0.3, 0.4) is 0 Å². The summed E-state index contributed by atoms with van der Waals surface area (Å²) >= 11 is 0. The minimum atomic E-state index is -1.02. The van der Waals surface area contributed by atoms with Crippen LogP contribution in [-0.4, -0.2) is 32.5 Å². The van der Waals surface area contributed by atoms with Crippen LogP contribution in [0.25, 0.3) is 6.20 Å². The molecule has 1 heterocycles. The summed E-state index contributed by atoms with van der Waals surface area (Å²) in [6.45, 7) is 1.17. The fourth-order valence-corrected chi connectivity index (χ4v) is 1.05. The molecule has 15 heavy (non-hydrogen) atoms. The summed E-state index contributed by atoms with van der Waals surface area (Å²) in [7, 11) is 0. The van der Waals surface area contributed by atoms with Gasteiger partial charge in [0, 0.05) is 18.0 Å². The Balaban J connectivity index is 3.11. The van der Waals surface area contributed by atoms with Crippen molar-refractivity contribution in [1.82, 2.24) is 9.55 Å². The lowest BCUT2D eigenvalue weighted by Crippen LogP contribution is -2.28. The van der Waals surface area contributed by atoms with Crippen LogP contribution in [-0.2, 0) is 0 Å². The molecule has 1 atom stereocenters. The Morgan fingerprint density at radius 3 is 2.80 bits per heavy atom. The molecule has 0 aliphatic rings. The van der Waals surface area contributed by atoms with Gasteiger partial charge in [-0.25, -0.2) is 4.79 Å². The normalized spacial score (nSPS) is 13.3. The summed E-state index contributed by atoms with van der Waals surface area (Å²) < 4.78 is 1.17. The lowest BCUT2D eigenvalue weighted by molar-refractivity contribution is 0.131. The van der Waals surface area contributed by atoms with E-state index >= 15 is 0 Å². The number of hydrogen-bond donors (Lipinski definition) is 3. The van der Waals surface area contributed by atoms with E-state index in [1.807, 2.05) is 0 Å². The highest BCUT2D eigenvalue weighted by molar-refractivity contribution is 5.26. The molecule has 3 N–H and O–H groups in total. The summed E-state index contributed by atoms with van der Waals surface area (Å²) in [6.07, 6.45) is 1.53. The topological polar surface area (TPSA) is 95.3 Å². The Bertz CT molecular complexity index is 472. The van der Waals surface area contributed by atoms with Crippen molar-refractivity contribution >= 4 is 6.20 Å². The van der Waals surface area contributed by atoms with E-state index in [0.29, 0.717) is 5.69 Å². The number of aliphatic hydroxyl groups is 2. The molecular formula is C9H12N2O4. The molecule has 0 aliphatic carbocycles. The van der Waals surface area contributed by atoms with Crippen molar-refractivity contribution in [1.29, 1.82) is 0 Å². The van der Waals surface area contributed by atoms with E-state index in [9.17, 15) is 9.59 Å². The van der Waals surface area contributed by atoms with E-state index in [1.165, 1.54) is 22.9 Å². The number of hydrogen-bond acceptors (Lipinski definition) is 4. The summed E-state index contributed by atoms with van der Waals surface area (Å²) in [4.78, 5) is 24.2. The number of nitrogens with zero attached hydrogens (tertiary/aromatic N) is 1. The molecule has 0 bridgehead atoms. The summed E-state index contributed by atoms with van der Waals surface area (Å²) in [5.41, 5.74) is -0.601. The van der Waals surface area contributed by atoms with Gasteiger partial charge in [0.1, 0.15) is 0 Å². The molecule has 6 heteroatoms. The first-order valence-corrected chi connectivity index (χ1v) is 4.34.